The van der Waals surface area contributed by atoms with Crippen LogP contribution in [-0.2, 0) is 15.3 Å². The van der Waals surface area contributed by atoms with Gasteiger partial charge in [-0.15, -0.1) is 11.6 Å². The van der Waals surface area contributed by atoms with Crippen molar-refractivity contribution in [2.75, 3.05) is 19.1 Å². The van der Waals surface area contributed by atoms with Crippen molar-refractivity contribution in [1.82, 2.24) is 0 Å². The van der Waals surface area contributed by atoms with Gasteiger partial charge in [0.2, 0.25) is 0 Å². The van der Waals surface area contributed by atoms with Crippen LogP contribution in [0.2, 0.25) is 5.54 Å². The molecule has 0 aliphatic carbocycles. The summed E-state index contributed by atoms with van der Waals surface area (Å²) >= 11 is 6.06. The molecule has 0 aromatic heterocycles. The second kappa shape index (κ2) is 8.70. The lowest BCUT2D eigenvalue weighted by atomic mass is 10.1. The Morgan fingerprint density at radius 3 is 2.18 bits per heavy atom. The summed E-state index contributed by atoms with van der Waals surface area (Å²) in [4.78, 5) is 0. The maximum absolute atomic E-state index is 6.06. The van der Waals surface area contributed by atoms with Crippen LogP contribution in [0, 0.1) is 0 Å². The highest BCUT2D eigenvalue weighted by atomic mass is 35.5. The molecule has 4 heteroatoms. The van der Waals surface area contributed by atoms with Crippen LogP contribution < -0.4 is 0 Å². The molecule has 0 amide bonds. The van der Waals surface area contributed by atoms with Crippen molar-refractivity contribution in [3.05, 3.63) is 35.9 Å². The first-order valence-electron chi connectivity index (χ1n) is 6.14. The number of hydrogen-bond acceptors (Lipinski definition) is 2. The molecule has 0 spiro atoms. The lowest BCUT2D eigenvalue weighted by Gasteiger charge is -2.23. The smallest absolute Gasteiger partial charge is 0.326 e. The van der Waals surface area contributed by atoms with Crippen LogP contribution in [0.1, 0.15) is 19.4 Å². The average molecular weight is 273 g/mol. The Bertz CT molecular complexity index is 289. The van der Waals surface area contributed by atoms with Crippen molar-refractivity contribution in [3.63, 3.8) is 0 Å². The zero-order valence-corrected chi connectivity index (χ0v) is 12.5. The summed E-state index contributed by atoms with van der Waals surface area (Å²) < 4.78 is 11.5. The highest BCUT2D eigenvalue weighted by molar-refractivity contribution is 6.48. The van der Waals surface area contributed by atoms with E-state index in [-0.39, 0.29) is 0 Å². The zero-order valence-electron chi connectivity index (χ0n) is 10.6. The van der Waals surface area contributed by atoms with E-state index in [9.17, 15) is 0 Å². The molecule has 1 atom stereocenters. The normalized spacial score (nSPS) is 12.9. The van der Waals surface area contributed by atoms with Crippen molar-refractivity contribution in [3.8, 4) is 0 Å². The topological polar surface area (TPSA) is 18.5 Å². The Hall–Kier alpha value is -0.353. The van der Waals surface area contributed by atoms with Gasteiger partial charge in [0, 0.05) is 24.6 Å². The summed E-state index contributed by atoms with van der Waals surface area (Å²) in [7, 11) is -1.65. The van der Waals surface area contributed by atoms with Gasteiger partial charge in [0.25, 0.3) is 0 Å². The van der Waals surface area contributed by atoms with Crippen LogP contribution in [0.15, 0.2) is 30.3 Å². The van der Waals surface area contributed by atoms with E-state index in [0.29, 0.717) is 24.6 Å². The van der Waals surface area contributed by atoms with Gasteiger partial charge in [-0.3, -0.25) is 0 Å². The maximum Gasteiger partial charge on any atom is 0.326 e. The Balaban J connectivity index is 2.61. The molecule has 0 aliphatic heterocycles. The minimum absolute atomic E-state index is 0.332. The highest BCUT2D eigenvalue weighted by Gasteiger charge is 2.25. The number of alkyl halides is 1. The van der Waals surface area contributed by atoms with Crippen LogP contribution in [0.3, 0.4) is 0 Å². The van der Waals surface area contributed by atoms with E-state index >= 15 is 0 Å². The van der Waals surface area contributed by atoms with Gasteiger partial charge in [-0.2, -0.15) is 0 Å². The maximum atomic E-state index is 6.06. The molecule has 1 aromatic carbocycles. The molecule has 0 heterocycles. The lowest BCUT2D eigenvalue weighted by molar-refractivity contribution is 0.205. The molecule has 0 N–H and O–H groups in total. The van der Waals surface area contributed by atoms with Gasteiger partial charge in [0.1, 0.15) is 0 Å². The Kier molecular flexibility index (Phi) is 7.52. The monoisotopic (exact) mass is 272 g/mol. The molecule has 1 rings (SSSR count). The predicted molar refractivity (Wildman–Crippen MR) is 75.0 cm³/mol. The Morgan fingerprint density at radius 2 is 1.71 bits per heavy atom. The summed E-state index contributed by atoms with van der Waals surface area (Å²) in [5, 5.41) is 0. The third kappa shape index (κ3) is 5.21. The largest absolute Gasteiger partial charge is 0.397 e. The Labute approximate surface area is 111 Å². The van der Waals surface area contributed by atoms with E-state index in [1.54, 1.807) is 0 Å². The minimum atomic E-state index is -1.65. The first kappa shape index (κ1) is 14.7. The van der Waals surface area contributed by atoms with Crippen LogP contribution in [0.25, 0.3) is 0 Å². The van der Waals surface area contributed by atoms with Gasteiger partial charge in [0.15, 0.2) is 0 Å². The van der Waals surface area contributed by atoms with Crippen molar-refractivity contribution < 1.29 is 8.85 Å². The van der Waals surface area contributed by atoms with E-state index in [0.717, 1.165) is 6.42 Å². The van der Waals surface area contributed by atoms with Crippen LogP contribution in [0.5, 0.6) is 0 Å². The number of benzene rings is 1. The molecular weight excluding hydrogens is 252 g/mol. The van der Waals surface area contributed by atoms with E-state index < -0.39 is 9.28 Å². The molecule has 2 nitrogen and oxygen atoms in total. The molecule has 0 aliphatic rings. The first-order valence-corrected chi connectivity index (χ1v) is 8.29. The summed E-state index contributed by atoms with van der Waals surface area (Å²) in [6.07, 6.45) is 0.946. The molecule has 0 saturated carbocycles. The van der Waals surface area contributed by atoms with E-state index in [4.69, 9.17) is 20.5 Å². The second-order valence-electron chi connectivity index (χ2n) is 3.88. The van der Waals surface area contributed by atoms with Crippen LogP contribution in [0.4, 0.5) is 0 Å². The van der Waals surface area contributed by atoms with E-state index in [1.807, 2.05) is 19.9 Å². The van der Waals surface area contributed by atoms with Gasteiger partial charge < -0.3 is 8.85 Å². The molecule has 0 saturated heterocycles. The molecule has 17 heavy (non-hydrogen) atoms. The van der Waals surface area contributed by atoms with Gasteiger partial charge in [0.05, 0.1) is 0 Å². The molecule has 96 valence electrons. The quantitative estimate of drug-likeness (QED) is 0.535. The van der Waals surface area contributed by atoms with Gasteiger partial charge in [-0.1, -0.05) is 30.3 Å². The van der Waals surface area contributed by atoms with Gasteiger partial charge in [-0.05, 0) is 25.8 Å². The minimum Gasteiger partial charge on any atom is -0.397 e. The number of halogens is 1. The van der Waals surface area contributed by atoms with E-state index in [2.05, 4.69) is 24.3 Å². The molecular formula is C13H21ClO2Si. The average Bonchev–Trinajstić information content (AvgIpc) is 2.37. The fourth-order valence-electron chi connectivity index (χ4n) is 1.79. The van der Waals surface area contributed by atoms with E-state index in [1.165, 1.54) is 5.56 Å². The fourth-order valence-corrected chi connectivity index (χ4v) is 4.24. The van der Waals surface area contributed by atoms with Crippen molar-refractivity contribution >= 4 is 20.9 Å². The van der Waals surface area contributed by atoms with Crippen LogP contribution in [-0.4, -0.2) is 28.4 Å². The number of rotatable bonds is 8. The zero-order chi connectivity index (χ0) is 12.5. The summed E-state index contributed by atoms with van der Waals surface area (Å²) in [6.45, 7) is 5.43. The first-order chi connectivity index (χ1) is 8.31. The second-order valence-corrected chi connectivity index (χ2v) is 6.54. The summed E-state index contributed by atoms with van der Waals surface area (Å²) in [5.74, 6) is 0.603. The predicted octanol–water partition coefficient (Wildman–Crippen LogP) is 3.13. The fraction of sp³-hybridized carbons (Fsp3) is 0.538. The molecule has 0 bridgehead atoms. The van der Waals surface area contributed by atoms with Gasteiger partial charge in [-0.25, -0.2) is 0 Å². The molecule has 0 radical (unpaired) electrons. The summed E-state index contributed by atoms with van der Waals surface area (Å²) in [6, 6.07) is 10.4. The molecule has 1 aromatic rings. The van der Waals surface area contributed by atoms with Crippen molar-refractivity contribution in [2.24, 2.45) is 0 Å². The third-order valence-corrected chi connectivity index (χ3v) is 5.85. The van der Waals surface area contributed by atoms with Crippen LogP contribution >= 0.6 is 11.6 Å². The lowest BCUT2D eigenvalue weighted by Crippen LogP contribution is -2.31. The molecule has 0 fully saturated rings. The SMILES string of the molecule is CCO[SiH](OCC)C(CCl)Cc1ccccc1. The van der Waals surface area contributed by atoms with Crippen molar-refractivity contribution in [1.29, 1.82) is 0 Å². The number of hydrogen-bond donors (Lipinski definition) is 0. The highest BCUT2D eigenvalue weighted by Crippen LogP contribution is 2.21. The Morgan fingerprint density at radius 1 is 1.12 bits per heavy atom. The third-order valence-electron chi connectivity index (χ3n) is 2.59. The van der Waals surface area contributed by atoms with Gasteiger partial charge >= 0.3 is 9.28 Å². The molecule has 1 unspecified atom stereocenters. The summed E-state index contributed by atoms with van der Waals surface area (Å²) in [5.41, 5.74) is 1.63. The standard InChI is InChI=1S/C13H21ClO2Si/c1-3-15-17(16-4-2)13(11-14)10-12-8-6-5-7-9-12/h5-9,13,17H,3-4,10-11H2,1-2H3. The van der Waals surface area contributed by atoms with Crippen molar-refractivity contribution in [2.45, 2.75) is 25.8 Å².